The van der Waals surface area contributed by atoms with Gasteiger partial charge in [-0.25, -0.2) is 0 Å². The summed E-state index contributed by atoms with van der Waals surface area (Å²) in [6.07, 6.45) is 2.10. The maximum Gasteiger partial charge on any atom is 0.291 e. The topological polar surface area (TPSA) is 13.1 Å². The van der Waals surface area contributed by atoms with Crippen LogP contribution in [0, 0.1) is 0 Å². The molecule has 2 nitrogen and oxygen atoms in total. The molecule has 2 heterocycles. The first kappa shape index (κ1) is 9.73. The van der Waals surface area contributed by atoms with E-state index in [-0.39, 0.29) is 6.10 Å². The lowest BCUT2D eigenvalue weighted by Gasteiger charge is -2.17. The van der Waals surface area contributed by atoms with E-state index in [9.17, 15) is 0 Å². The van der Waals surface area contributed by atoms with E-state index in [0.29, 0.717) is 0 Å². The largest absolute Gasteiger partial charge is 0.291 e. The van der Waals surface area contributed by atoms with E-state index in [2.05, 4.69) is 30.3 Å². The maximum atomic E-state index is 5.91. The number of pyridine rings is 1. The summed E-state index contributed by atoms with van der Waals surface area (Å²) in [5, 5.41) is 1.16. The van der Waals surface area contributed by atoms with Crippen LogP contribution < -0.4 is 9.57 Å². The molecule has 1 atom stereocenters. The van der Waals surface area contributed by atoms with Crippen LogP contribution in [0.2, 0.25) is 0 Å². The number of nitrogens with zero attached hydrogens (tertiary/aromatic N) is 1. The second kappa shape index (κ2) is 4.18. The number of thioether (sulfide) groups is 1. The highest BCUT2D eigenvalue weighted by atomic mass is 32.2. The molecule has 0 fully saturated rings. The summed E-state index contributed by atoms with van der Waals surface area (Å²) in [5.74, 6) is 0.966. The number of hydrogen-bond donors (Lipinski definition) is 0. The van der Waals surface area contributed by atoms with Crippen molar-refractivity contribution in [3.8, 4) is 0 Å². The Morgan fingerprint density at radius 1 is 1.06 bits per heavy atom. The molecule has 0 N–H and O–H groups in total. The van der Waals surface area contributed by atoms with Crippen LogP contribution >= 0.6 is 11.8 Å². The van der Waals surface area contributed by atoms with Gasteiger partial charge in [0, 0.05) is 22.4 Å². The predicted molar refractivity (Wildman–Crippen MR) is 63.1 cm³/mol. The van der Waals surface area contributed by atoms with Crippen LogP contribution in [0.15, 0.2) is 59.8 Å². The molecule has 0 radical (unpaired) electrons. The number of hydrogen-bond acceptors (Lipinski definition) is 2. The van der Waals surface area contributed by atoms with Gasteiger partial charge in [0.15, 0.2) is 0 Å². The molecule has 0 bridgehead atoms. The van der Waals surface area contributed by atoms with Crippen LogP contribution in [-0.4, -0.2) is 5.75 Å². The fourth-order valence-electron chi connectivity index (χ4n) is 1.76. The third-order valence-electron chi connectivity index (χ3n) is 2.58. The molecule has 80 valence electrons. The second-order valence-corrected chi connectivity index (χ2v) is 4.72. The molecule has 0 amide bonds. The van der Waals surface area contributed by atoms with Crippen molar-refractivity contribution in [3.05, 3.63) is 60.3 Å². The molecule has 2 aromatic rings. The van der Waals surface area contributed by atoms with E-state index < -0.39 is 0 Å². The molecule has 0 aliphatic carbocycles. The van der Waals surface area contributed by atoms with Crippen molar-refractivity contribution in [2.45, 2.75) is 11.1 Å². The van der Waals surface area contributed by atoms with E-state index in [0.717, 1.165) is 10.8 Å². The van der Waals surface area contributed by atoms with Crippen LogP contribution in [0.3, 0.4) is 0 Å². The second-order valence-electron chi connectivity index (χ2n) is 3.68. The minimum atomic E-state index is 0.145. The van der Waals surface area contributed by atoms with E-state index in [4.69, 9.17) is 4.84 Å². The van der Waals surface area contributed by atoms with Crippen LogP contribution in [-0.2, 0) is 0 Å². The van der Waals surface area contributed by atoms with Crippen LogP contribution in [0.4, 0.5) is 0 Å². The van der Waals surface area contributed by atoms with Gasteiger partial charge in [0.05, 0.1) is 5.75 Å². The van der Waals surface area contributed by atoms with E-state index >= 15 is 0 Å². The normalized spacial score (nSPS) is 18.6. The predicted octanol–water partition coefficient (Wildman–Crippen LogP) is 2.25. The van der Waals surface area contributed by atoms with Gasteiger partial charge in [-0.2, -0.15) is 0 Å². The molecule has 0 saturated carbocycles. The monoisotopic (exact) mass is 230 g/mol. The molecular weight excluding hydrogens is 218 g/mol. The van der Waals surface area contributed by atoms with Crippen molar-refractivity contribution in [2.24, 2.45) is 0 Å². The van der Waals surface area contributed by atoms with Crippen LogP contribution in [0.1, 0.15) is 11.7 Å². The Morgan fingerprint density at radius 2 is 1.88 bits per heavy atom. The van der Waals surface area contributed by atoms with Gasteiger partial charge >= 0.3 is 0 Å². The van der Waals surface area contributed by atoms with E-state index in [1.54, 1.807) is 0 Å². The highest BCUT2D eigenvalue weighted by molar-refractivity contribution is 7.99. The molecule has 1 aromatic carbocycles. The molecular formula is C13H12NOS+. The minimum absolute atomic E-state index is 0.145. The van der Waals surface area contributed by atoms with Crippen molar-refractivity contribution >= 4 is 11.8 Å². The van der Waals surface area contributed by atoms with Gasteiger partial charge in [-0.15, -0.1) is 0 Å². The molecule has 0 saturated heterocycles. The average molecular weight is 230 g/mol. The Labute approximate surface area is 98.8 Å². The molecule has 3 heteroatoms. The number of rotatable bonds is 1. The number of fused-ring (bicyclic) bond motifs is 1. The van der Waals surface area contributed by atoms with Gasteiger partial charge in [0.1, 0.15) is 0 Å². The Hall–Kier alpha value is -1.48. The summed E-state index contributed by atoms with van der Waals surface area (Å²) in [5.41, 5.74) is 1.23. The number of aromatic nitrogens is 1. The summed E-state index contributed by atoms with van der Waals surface area (Å²) < 4.78 is 1.85. The van der Waals surface area contributed by atoms with Crippen LogP contribution in [0.5, 0.6) is 0 Å². The lowest BCUT2D eigenvalue weighted by Crippen LogP contribution is -2.49. The van der Waals surface area contributed by atoms with Crippen molar-refractivity contribution in [2.75, 3.05) is 5.75 Å². The summed E-state index contributed by atoms with van der Waals surface area (Å²) in [7, 11) is 0. The van der Waals surface area contributed by atoms with Gasteiger partial charge in [-0.3, -0.25) is 4.84 Å². The smallest absolute Gasteiger partial charge is 0.261 e. The summed E-state index contributed by atoms with van der Waals surface area (Å²) in [6.45, 7) is 0. The lowest BCUT2D eigenvalue weighted by molar-refractivity contribution is -0.929. The quantitative estimate of drug-likeness (QED) is 0.697. The average Bonchev–Trinajstić information content (AvgIpc) is 2.39. The first-order chi connectivity index (χ1) is 7.93. The van der Waals surface area contributed by atoms with Crippen molar-refractivity contribution in [1.29, 1.82) is 0 Å². The molecule has 16 heavy (non-hydrogen) atoms. The molecule has 1 aromatic heterocycles. The summed E-state index contributed by atoms with van der Waals surface area (Å²) in [4.78, 5) is 5.91. The van der Waals surface area contributed by atoms with Gasteiger partial charge in [-0.1, -0.05) is 30.3 Å². The summed E-state index contributed by atoms with van der Waals surface area (Å²) >= 11 is 1.83. The first-order valence-corrected chi connectivity index (χ1v) is 6.27. The zero-order valence-electron chi connectivity index (χ0n) is 8.74. The Kier molecular flexibility index (Phi) is 2.54. The fourth-order valence-corrected chi connectivity index (χ4v) is 2.75. The van der Waals surface area contributed by atoms with Crippen molar-refractivity contribution in [3.63, 3.8) is 0 Å². The Bertz CT molecular complexity index is 486. The van der Waals surface area contributed by atoms with E-state index in [1.807, 2.05) is 40.9 Å². The zero-order valence-corrected chi connectivity index (χ0v) is 9.56. The molecule has 0 spiro atoms. The van der Waals surface area contributed by atoms with E-state index in [1.165, 1.54) is 5.56 Å². The molecule has 1 aliphatic rings. The fraction of sp³-hybridized carbons (Fsp3) is 0.154. The molecule has 3 rings (SSSR count). The van der Waals surface area contributed by atoms with Crippen molar-refractivity contribution < 1.29 is 9.57 Å². The van der Waals surface area contributed by atoms with Gasteiger partial charge < -0.3 is 0 Å². The first-order valence-electron chi connectivity index (χ1n) is 5.29. The van der Waals surface area contributed by atoms with Gasteiger partial charge in [0.2, 0.25) is 12.3 Å². The zero-order chi connectivity index (χ0) is 10.8. The van der Waals surface area contributed by atoms with Crippen LogP contribution in [0.25, 0.3) is 0 Å². The third-order valence-corrected chi connectivity index (χ3v) is 3.66. The Balaban J connectivity index is 1.89. The maximum absolute atomic E-state index is 5.91. The minimum Gasteiger partial charge on any atom is -0.261 e. The SMILES string of the molecule is c1ccc([C@@H]2CSc3cccc[n+]3O2)cc1. The summed E-state index contributed by atoms with van der Waals surface area (Å²) in [6, 6.07) is 16.4. The third kappa shape index (κ3) is 1.78. The number of benzene rings is 1. The standard InChI is InChI=1S/C13H12NOS/c1-2-6-11(7-3-1)12-10-16-13-8-4-5-9-14(13)15-12/h1-9,12H,10H2/q+1/t12-/m0/s1. The van der Waals surface area contributed by atoms with Gasteiger partial charge in [0.25, 0.3) is 5.03 Å². The molecule has 0 unspecified atom stereocenters. The van der Waals surface area contributed by atoms with Crippen molar-refractivity contribution in [1.82, 2.24) is 0 Å². The van der Waals surface area contributed by atoms with Gasteiger partial charge in [-0.05, 0) is 17.8 Å². The Morgan fingerprint density at radius 3 is 2.75 bits per heavy atom. The highest BCUT2D eigenvalue weighted by Crippen LogP contribution is 2.26. The lowest BCUT2D eigenvalue weighted by atomic mass is 10.1. The highest BCUT2D eigenvalue weighted by Gasteiger charge is 2.28. The molecule has 1 aliphatic heterocycles.